The van der Waals surface area contributed by atoms with Gasteiger partial charge in [0.1, 0.15) is 0 Å². The molecule has 0 saturated heterocycles. The van der Waals surface area contributed by atoms with Gasteiger partial charge < -0.3 is 0 Å². The van der Waals surface area contributed by atoms with Crippen molar-refractivity contribution in [2.45, 2.75) is 0 Å². The number of nitrogens with zero attached hydrogens (tertiary/aromatic N) is 1. The second-order valence-electron chi connectivity index (χ2n) is 1.23. The molecular weight excluding hydrogens is 205 g/mol. The van der Waals surface area contributed by atoms with Crippen LogP contribution in [0.4, 0.5) is 0 Å². The predicted molar refractivity (Wildman–Crippen MR) is 41.7 cm³/mol. The third-order valence-electron chi connectivity index (χ3n) is 0.267. The van der Waals surface area contributed by atoms with Crippen LogP contribution in [0, 0.1) is 0 Å². The molecule has 0 fully saturated rings. The van der Waals surface area contributed by atoms with E-state index in [1.165, 1.54) is 0 Å². The fourth-order valence-electron chi connectivity index (χ4n) is 0.195. The van der Waals surface area contributed by atoms with Crippen LogP contribution in [-0.2, 0) is 0 Å². The standard InChI is InChI=1S/C3H10IN3/c1-4(2)7-3(5)6/h1-2H3,(H4,5,6,7). The molecule has 0 spiro atoms. The molecule has 0 aromatic heterocycles. The van der Waals surface area contributed by atoms with Crippen LogP contribution in [0.1, 0.15) is 0 Å². The molecule has 0 atom stereocenters. The van der Waals surface area contributed by atoms with E-state index in [2.05, 4.69) is 13.1 Å². The van der Waals surface area contributed by atoms with Gasteiger partial charge in [-0.1, -0.05) is 0 Å². The van der Waals surface area contributed by atoms with Crippen LogP contribution in [0.2, 0.25) is 0 Å². The van der Waals surface area contributed by atoms with Gasteiger partial charge in [0.05, 0.1) is 0 Å². The Labute approximate surface area is 50.9 Å². The minimum atomic E-state index is -1.03. The van der Waals surface area contributed by atoms with Gasteiger partial charge in [0.15, 0.2) is 0 Å². The monoisotopic (exact) mass is 215 g/mol. The molecule has 4 N–H and O–H groups in total. The van der Waals surface area contributed by atoms with E-state index in [1.807, 2.05) is 0 Å². The zero-order valence-corrected chi connectivity index (χ0v) is 6.64. The molecule has 0 radical (unpaired) electrons. The molecular formula is C3H10IN3. The Bertz CT molecular complexity index is 74.2. The molecule has 0 unspecified atom stereocenters. The summed E-state index contributed by atoms with van der Waals surface area (Å²) in [6.45, 7) is 0. The molecule has 4 heteroatoms. The summed E-state index contributed by atoms with van der Waals surface area (Å²) in [5.74, 6) is 0.232. The quantitative estimate of drug-likeness (QED) is 0.278. The van der Waals surface area contributed by atoms with E-state index in [0.717, 1.165) is 0 Å². The van der Waals surface area contributed by atoms with Gasteiger partial charge in [-0.25, -0.2) is 0 Å². The SMILES string of the molecule is CI(C)N=C(N)N. The van der Waals surface area contributed by atoms with Crippen LogP contribution in [-0.4, -0.2) is 15.8 Å². The van der Waals surface area contributed by atoms with Gasteiger partial charge in [-0.05, 0) is 0 Å². The summed E-state index contributed by atoms with van der Waals surface area (Å²) in [6, 6.07) is 0. The maximum absolute atomic E-state index is 5.06. The summed E-state index contributed by atoms with van der Waals surface area (Å²) in [5.41, 5.74) is 10.1. The molecule has 0 amide bonds. The Kier molecular flexibility index (Phi) is 3.06. The van der Waals surface area contributed by atoms with Crippen LogP contribution in [0.25, 0.3) is 0 Å². The normalized spacial score (nSPS) is 10.3. The van der Waals surface area contributed by atoms with Crippen molar-refractivity contribution in [2.24, 2.45) is 14.7 Å². The van der Waals surface area contributed by atoms with E-state index in [-0.39, 0.29) is 5.96 Å². The Balaban J connectivity index is 3.45. The maximum atomic E-state index is 5.06. The molecule has 44 valence electrons. The van der Waals surface area contributed by atoms with E-state index >= 15 is 0 Å². The summed E-state index contributed by atoms with van der Waals surface area (Å²) >= 11 is -1.03. The van der Waals surface area contributed by atoms with Crippen molar-refractivity contribution in [3.8, 4) is 0 Å². The van der Waals surface area contributed by atoms with Gasteiger partial charge in [-0.3, -0.25) is 0 Å². The van der Waals surface area contributed by atoms with Crippen LogP contribution in [0.3, 0.4) is 0 Å². The van der Waals surface area contributed by atoms with Crippen molar-refractivity contribution in [1.82, 2.24) is 0 Å². The van der Waals surface area contributed by atoms with Gasteiger partial charge in [0.2, 0.25) is 0 Å². The van der Waals surface area contributed by atoms with Crippen molar-refractivity contribution in [1.29, 1.82) is 0 Å². The Morgan fingerprint density at radius 3 is 1.86 bits per heavy atom. The van der Waals surface area contributed by atoms with E-state index in [1.54, 1.807) is 0 Å². The number of alkyl halides is 2. The molecule has 0 aromatic carbocycles. The molecule has 7 heavy (non-hydrogen) atoms. The summed E-state index contributed by atoms with van der Waals surface area (Å²) in [4.78, 5) is 4.15. The Hall–Kier alpha value is 0. The molecule has 3 nitrogen and oxygen atoms in total. The van der Waals surface area contributed by atoms with Crippen LogP contribution < -0.4 is 11.5 Å². The molecule has 0 aliphatic heterocycles. The van der Waals surface area contributed by atoms with Crippen molar-refractivity contribution >= 4 is 26.1 Å². The first-order valence-electron chi connectivity index (χ1n) is 1.73. The van der Waals surface area contributed by atoms with Gasteiger partial charge in [-0.15, -0.1) is 0 Å². The molecule has 0 aliphatic rings. The van der Waals surface area contributed by atoms with E-state index in [4.69, 9.17) is 11.5 Å². The predicted octanol–water partition coefficient (Wildman–Crippen LogP) is -0.0592. The summed E-state index contributed by atoms with van der Waals surface area (Å²) < 4.78 is 3.91. The molecule has 0 heterocycles. The van der Waals surface area contributed by atoms with Gasteiger partial charge >= 0.3 is 50.6 Å². The Morgan fingerprint density at radius 2 is 1.86 bits per heavy atom. The molecule has 0 aliphatic carbocycles. The van der Waals surface area contributed by atoms with Crippen molar-refractivity contribution in [3.05, 3.63) is 0 Å². The number of hydrogen-bond donors (Lipinski definition) is 2. The second kappa shape index (κ2) is 3.06. The van der Waals surface area contributed by atoms with E-state index in [0.29, 0.717) is 0 Å². The second-order valence-corrected chi connectivity index (χ2v) is 5.80. The van der Waals surface area contributed by atoms with Crippen LogP contribution >= 0.6 is 20.1 Å². The average molecular weight is 215 g/mol. The molecule has 0 saturated carbocycles. The number of hydrogen-bond acceptors (Lipinski definition) is 1. The number of guanidine groups is 1. The van der Waals surface area contributed by atoms with Gasteiger partial charge in [0.25, 0.3) is 0 Å². The number of rotatable bonds is 1. The van der Waals surface area contributed by atoms with Crippen LogP contribution in [0.15, 0.2) is 3.21 Å². The fourth-order valence-corrected chi connectivity index (χ4v) is 1.31. The fraction of sp³-hybridized carbons (Fsp3) is 0.667. The molecule has 0 rings (SSSR count). The third kappa shape index (κ3) is 6.00. The van der Waals surface area contributed by atoms with Gasteiger partial charge in [0, 0.05) is 0 Å². The van der Waals surface area contributed by atoms with Crippen LogP contribution in [0.5, 0.6) is 0 Å². The van der Waals surface area contributed by atoms with E-state index in [9.17, 15) is 0 Å². The topological polar surface area (TPSA) is 64.4 Å². The first-order chi connectivity index (χ1) is 3.13. The van der Waals surface area contributed by atoms with Crippen molar-refractivity contribution in [2.75, 3.05) is 9.86 Å². The first-order valence-corrected chi connectivity index (χ1v) is 7.01. The summed E-state index contributed by atoms with van der Waals surface area (Å²) in [6.07, 6.45) is 0. The van der Waals surface area contributed by atoms with Crippen molar-refractivity contribution in [3.63, 3.8) is 0 Å². The summed E-state index contributed by atoms with van der Waals surface area (Å²) in [7, 11) is 0. The third-order valence-corrected chi connectivity index (χ3v) is 1.79. The molecule has 0 bridgehead atoms. The minimum absolute atomic E-state index is 0.232. The van der Waals surface area contributed by atoms with Gasteiger partial charge in [-0.2, -0.15) is 0 Å². The zero-order valence-electron chi connectivity index (χ0n) is 4.48. The van der Waals surface area contributed by atoms with E-state index < -0.39 is 20.1 Å². The summed E-state index contributed by atoms with van der Waals surface area (Å²) in [5, 5.41) is 0. The van der Waals surface area contributed by atoms with Crippen molar-refractivity contribution < 1.29 is 0 Å². The zero-order chi connectivity index (χ0) is 5.86. The Morgan fingerprint density at radius 1 is 1.43 bits per heavy atom. The molecule has 0 aromatic rings. The average Bonchev–Trinajstić information content (AvgIpc) is 1.27. The number of halogens is 1. The first kappa shape index (κ1) is 7.00. The number of nitrogens with two attached hydrogens (primary N) is 2.